The van der Waals surface area contributed by atoms with E-state index in [2.05, 4.69) is 4.74 Å². The third-order valence-electron chi connectivity index (χ3n) is 3.36. The Balaban J connectivity index is 2.10. The second kappa shape index (κ2) is 7.40. The van der Waals surface area contributed by atoms with E-state index >= 15 is 0 Å². The average molecular weight is 371 g/mol. The molecule has 1 aromatic rings. The quantitative estimate of drug-likeness (QED) is 0.482. The molecule has 0 radical (unpaired) electrons. The molecule has 2 heterocycles. The number of hydrogen-bond acceptors (Lipinski definition) is 9. The SMILES string of the molecule is COC(=O)C(=O)OCC1Cc2c(sc(N)c2C(=O)OC(C)(C)C)CO1. The number of hydrogen-bond donors (Lipinski definition) is 1. The molecule has 0 spiro atoms. The summed E-state index contributed by atoms with van der Waals surface area (Å²) >= 11 is 1.28. The van der Waals surface area contributed by atoms with E-state index in [1.807, 2.05) is 0 Å². The van der Waals surface area contributed by atoms with Gasteiger partial charge in [0.1, 0.15) is 17.2 Å². The Bertz CT molecular complexity index is 689. The molecule has 138 valence electrons. The van der Waals surface area contributed by atoms with Crippen molar-refractivity contribution >= 4 is 34.2 Å². The molecule has 1 aliphatic heterocycles. The zero-order valence-electron chi connectivity index (χ0n) is 14.5. The smallest absolute Gasteiger partial charge is 0.417 e. The number of fused-ring (bicyclic) bond motifs is 1. The molecule has 25 heavy (non-hydrogen) atoms. The fraction of sp³-hybridized carbons (Fsp3) is 0.562. The van der Waals surface area contributed by atoms with E-state index in [1.165, 1.54) is 11.3 Å². The van der Waals surface area contributed by atoms with Crippen LogP contribution in [0.1, 0.15) is 41.6 Å². The van der Waals surface area contributed by atoms with Gasteiger partial charge in [0, 0.05) is 11.3 Å². The Kier molecular flexibility index (Phi) is 5.69. The Morgan fingerprint density at radius 2 is 1.96 bits per heavy atom. The Labute approximate surface area is 149 Å². The fourth-order valence-electron chi connectivity index (χ4n) is 2.32. The van der Waals surface area contributed by atoms with Gasteiger partial charge < -0.3 is 24.7 Å². The Hall–Kier alpha value is -2.13. The third kappa shape index (κ3) is 4.70. The van der Waals surface area contributed by atoms with Crippen molar-refractivity contribution in [3.05, 3.63) is 16.0 Å². The van der Waals surface area contributed by atoms with Gasteiger partial charge in [0.15, 0.2) is 0 Å². The summed E-state index contributed by atoms with van der Waals surface area (Å²) in [4.78, 5) is 35.7. The largest absolute Gasteiger partial charge is 0.461 e. The predicted octanol–water partition coefficient (Wildman–Crippen LogP) is 1.44. The maximum atomic E-state index is 12.4. The number of nitrogen functional groups attached to an aromatic ring is 1. The van der Waals surface area contributed by atoms with Crippen LogP contribution in [-0.2, 0) is 41.6 Å². The summed E-state index contributed by atoms with van der Waals surface area (Å²) in [6.07, 6.45) is -0.164. The molecule has 1 unspecified atom stereocenters. The van der Waals surface area contributed by atoms with Crippen LogP contribution in [0, 0.1) is 0 Å². The highest BCUT2D eigenvalue weighted by atomic mass is 32.1. The summed E-state index contributed by atoms with van der Waals surface area (Å²) in [6, 6.07) is 0. The molecule has 2 rings (SSSR count). The minimum Gasteiger partial charge on any atom is -0.461 e. The first kappa shape index (κ1) is 19.2. The highest BCUT2D eigenvalue weighted by Gasteiger charge is 2.32. The third-order valence-corrected chi connectivity index (χ3v) is 4.39. The van der Waals surface area contributed by atoms with Crippen LogP contribution in [-0.4, -0.2) is 43.3 Å². The van der Waals surface area contributed by atoms with Crippen molar-refractivity contribution in [3.8, 4) is 0 Å². The first-order chi connectivity index (χ1) is 11.6. The summed E-state index contributed by atoms with van der Waals surface area (Å²) in [7, 11) is 1.09. The monoisotopic (exact) mass is 371 g/mol. The van der Waals surface area contributed by atoms with Crippen LogP contribution in [0.25, 0.3) is 0 Å². The lowest BCUT2D eigenvalue weighted by Crippen LogP contribution is -2.31. The van der Waals surface area contributed by atoms with Crippen LogP contribution in [0.2, 0.25) is 0 Å². The summed E-state index contributed by atoms with van der Waals surface area (Å²) in [6.45, 7) is 5.44. The van der Waals surface area contributed by atoms with Crippen molar-refractivity contribution in [2.75, 3.05) is 19.5 Å². The van der Waals surface area contributed by atoms with Gasteiger partial charge in [-0.15, -0.1) is 11.3 Å². The predicted molar refractivity (Wildman–Crippen MR) is 89.2 cm³/mol. The first-order valence-electron chi connectivity index (χ1n) is 7.62. The molecule has 0 fully saturated rings. The van der Waals surface area contributed by atoms with Crippen molar-refractivity contribution in [2.24, 2.45) is 0 Å². The van der Waals surface area contributed by atoms with Gasteiger partial charge in [-0.3, -0.25) is 0 Å². The zero-order chi connectivity index (χ0) is 18.8. The number of esters is 3. The molecule has 1 aromatic heterocycles. The van der Waals surface area contributed by atoms with Crippen LogP contribution >= 0.6 is 11.3 Å². The lowest BCUT2D eigenvalue weighted by Gasteiger charge is -2.24. The highest BCUT2D eigenvalue weighted by molar-refractivity contribution is 7.16. The number of nitrogens with two attached hydrogens (primary N) is 1. The summed E-state index contributed by atoms with van der Waals surface area (Å²) in [5, 5.41) is 0.370. The van der Waals surface area contributed by atoms with Crippen molar-refractivity contribution in [3.63, 3.8) is 0 Å². The molecule has 1 atom stereocenters. The minimum atomic E-state index is -1.09. The average Bonchev–Trinajstić information content (AvgIpc) is 2.85. The molecule has 1 aliphatic rings. The van der Waals surface area contributed by atoms with E-state index in [1.54, 1.807) is 20.8 Å². The molecule has 0 bridgehead atoms. The van der Waals surface area contributed by atoms with Gasteiger partial charge in [0.25, 0.3) is 0 Å². The summed E-state index contributed by atoms with van der Waals surface area (Å²) < 4.78 is 20.1. The standard InChI is InChI=1S/C16H21NO7S/c1-16(2,3)24-13(18)11-9-5-8(6-23-15(20)14(19)21-4)22-7-10(9)25-12(11)17/h8H,5-7,17H2,1-4H3. The van der Waals surface area contributed by atoms with E-state index in [4.69, 9.17) is 19.9 Å². The maximum Gasteiger partial charge on any atom is 0.417 e. The lowest BCUT2D eigenvalue weighted by molar-refractivity contribution is -0.168. The van der Waals surface area contributed by atoms with Gasteiger partial charge in [-0.05, 0) is 26.3 Å². The minimum absolute atomic E-state index is 0.128. The number of carbonyl (C=O) groups excluding carboxylic acids is 3. The van der Waals surface area contributed by atoms with Crippen molar-refractivity contribution in [1.29, 1.82) is 0 Å². The maximum absolute atomic E-state index is 12.4. The van der Waals surface area contributed by atoms with E-state index in [0.29, 0.717) is 17.0 Å². The number of carbonyl (C=O) groups is 3. The number of methoxy groups -OCH3 is 1. The van der Waals surface area contributed by atoms with E-state index in [0.717, 1.165) is 17.6 Å². The van der Waals surface area contributed by atoms with Gasteiger partial charge in [0.2, 0.25) is 0 Å². The van der Waals surface area contributed by atoms with Crippen LogP contribution in [0.3, 0.4) is 0 Å². The molecule has 0 amide bonds. The van der Waals surface area contributed by atoms with Crippen molar-refractivity contribution in [2.45, 2.75) is 45.5 Å². The summed E-state index contributed by atoms with van der Waals surface area (Å²) in [5.41, 5.74) is 6.42. The number of anilines is 1. The van der Waals surface area contributed by atoms with E-state index in [9.17, 15) is 14.4 Å². The van der Waals surface area contributed by atoms with Gasteiger partial charge in [-0.25, -0.2) is 14.4 Å². The second-order valence-electron chi connectivity index (χ2n) is 6.47. The molecular formula is C16H21NO7S. The number of thiophene rings is 1. The van der Waals surface area contributed by atoms with Gasteiger partial charge in [-0.2, -0.15) is 0 Å². The normalized spacial score (nSPS) is 16.7. The van der Waals surface area contributed by atoms with Crippen LogP contribution in [0.4, 0.5) is 5.00 Å². The molecule has 0 saturated carbocycles. The number of ether oxygens (including phenoxy) is 4. The van der Waals surface area contributed by atoms with E-state index < -0.39 is 29.6 Å². The summed E-state index contributed by atoms with van der Waals surface area (Å²) in [5.74, 6) is -2.66. The first-order valence-corrected chi connectivity index (χ1v) is 8.44. The molecule has 2 N–H and O–H groups in total. The van der Waals surface area contributed by atoms with E-state index in [-0.39, 0.29) is 13.2 Å². The van der Waals surface area contributed by atoms with Crippen molar-refractivity contribution in [1.82, 2.24) is 0 Å². The van der Waals surface area contributed by atoms with Gasteiger partial charge in [0.05, 0.1) is 25.4 Å². The van der Waals surface area contributed by atoms with Crippen molar-refractivity contribution < 1.29 is 33.3 Å². The van der Waals surface area contributed by atoms with Gasteiger partial charge in [-0.1, -0.05) is 0 Å². The molecule has 9 heteroatoms. The van der Waals surface area contributed by atoms with Crippen LogP contribution in [0.5, 0.6) is 0 Å². The number of rotatable bonds is 3. The fourth-order valence-corrected chi connectivity index (χ4v) is 3.33. The lowest BCUT2D eigenvalue weighted by atomic mass is 10.0. The molecule has 0 saturated heterocycles. The molecule has 8 nitrogen and oxygen atoms in total. The topological polar surface area (TPSA) is 114 Å². The highest BCUT2D eigenvalue weighted by Crippen LogP contribution is 2.37. The zero-order valence-corrected chi connectivity index (χ0v) is 15.4. The molecular weight excluding hydrogens is 350 g/mol. The van der Waals surface area contributed by atoms with Crippen LogP contribution in [0.15, 0.2) is 0 Å². The Morgan fingerprint density at radius 3 is 2.56 bits per heavy atom. The Morgan fingerprint density at radius 1 is 1.28 bits per heavy atom. The van der Waals surface area contributed by atoms with Crippen LogP contribution < -0.4 is 5.73 Å². The second-order valence-corrected chi connectivity index (χ2v) is 7.61. The van der Waals surface area contributed by atoms with Gasteiger partial charge >= 0.3 is 17.9 Å². The molecule has 0 aromatic carbocycles. The molecule has 0 aliphatic carbocycles.